The molecule has 0 spiro atoms. The summed E-state index contributed by atoms with van der Waals surface area (Å²) in [4.78, 5) is 0. The van der Waals surface area contributed by atoms with E-state index in [0.29, 0.717) is 6.42 Å². The van der Waals surface area contributed by atoms with E-state index in [1.165, 1.54) is 0 Å². The predicted octanol–water partition coefficient (Wildman–Crippen LogP) is -1.08. The van der Waals surface area contributed by atoms with Crippen LogP contribution < -0.4 is 11.5 Å². The molecule has 0 fully saturated rings. The summed E-state index contributed by atoms with van der Waals surface area (Å²) < 4.78 is 0. The Hall–Kier alpha value is -0.420. The van der Waals surface area contributed by atoms with E-state index in [2.05, 4.69) is 0 Å². The first-order valence-corrected chi connectivity index (χ1v) is 3.96. The van der Waals surface area contributed by atoms with Crippen LogP contribution in [0.3, 0.4) is 0 Å². The molecule has 1 aliphatic rings. The normalized spacial score (nSPS) is 39.9. The SMILES string of the molecule is CC1(CO)CC(N)(N)C=CC1O. The Morgan fingerprint density at radius 2 is 2.17 bits per heavy atom. The van der Waals surface area contributed by atoms with E-state index in [0.717, 1.165) is 0 Å². The summed E-state index contributed by atoms with van der Waals surface area (Å²) in [5, 5.41) is 18.6. The van der Waals surface area contributed by atoms with Crippen molar-refractivity contribution in [1.29, 1.82) is 0 Å². The number of nitrogens with two attached hydrogens (primary N) is 2. The molecule has 0 aromatic heterocycles. The lowest BCUT2D eigenvalue weighted by Crippen LogP contribution is -2.56. The lowest BCUT2D eigenvalue weighted by Gasteiger charge is -2.40. The minimum Gasteiger partial charge on any atom is -0.396 e. The monoisotopic (exact) mass is 172 g/mol. The molecule has 0 aromatic carbocycles. The van der Waals surface area contributed by atoms with Crippen molar-refractivity contribution in [2.24, 2.45) is 16.9 Å². The van der Waals surface area contributed by atoms with Gasteiger partial charge in [-0.1, -0.05) is 19.1 Å². The molecule has 2 atom stereocenters. The Bertz CT molecular complexity index is 203. The molecular weight excluding hydrogens is 156 g/mol. The first-order chi connectivity index (χ1) is 5.40. The van der Waals surface area contributed by atoms with Crippen LogP contribution in [-0.4, -0.2) is 28.6 Å². The highest BCUT2D eigenvalue weighted by molar-refractivity contribution is 5.14. The molecule has 1 rings (SSSR count). The van der Waals surface area contributed by atoms with Gasteiger partial charge in [-0.25, -0.2) is 0 Å². The molecule has 12 heavy (non-hydrogen) atoms. The highest BCUT2D eigenvalue weighted by Crippen LogP contribution is 2.33. The van der Waals surface area contributed by atoms with Crippen LogP contribution in [0.4, 0.5) is 0 Å². The Balaban J connectivity index is 2.87. The summed E-state index contributed by atoms with van der Waals surface area (Å²) in [5.74, 6) is 0. The summed E-state index contributed by atoms with van der Waals surface area (Å²) in [6.45, 7) is 1.64. The van der Waals surface area contributed by atoms with Crippen LogP contribution in [0.2, 0.25) is 0 Å². The Labute approximate surface area is 71.9 Å². The van der Waals surface area contributed by atoms with E-state index in [9.17, 15) is 5.11 Å². The van der Waals surface area contributed by atoms with Gasteiger partial charge in [0.2, 0.25) is 0 Å². The highest BCUT2D eigenvalue weighted by atomic mass is 16.3. The van der Waals surface area contributed by atoms with Gasteiger partial charge in [0.1, 0.15) is 0 Å². The van der Waals surface area contributed by atoms with Gasteiger partial charge in [-0.2, -0.15) is 0 Å². The van der Waals surface area contributed by atoms with Crippen LogP contribution in [0.15, 0.2) is 12.2 Å². The molecule has 70 valence electrons. The Kier molecular flexibility index (Phi) is 2.27. The fourth-order valence-electron chi connectivity index (χ4n) is 1.52. The van der Waals surface area contributed by atoms with E-state index in [1.54, 1.807) is 19.1 Å². The van der Waals surface area contributed by atoms with Gasteiger partial charge in [-0.3, -0.25) is 0 Å². The molecule has 1 aliphatic carbocycles. The second-order valence-corrected chi connectivity index (χ2v) is 3.91. The molecule has 4 heteroatoms. The summed E-state index contributed by atoms with van der Waals surface area (Å²) in [6.07, 6.45) is 2.84. The quantitative estimate of drug-likeness (QED) is 0.299. The summed E-state index contributed by atoms with van der Waals surface area (Å²) in [7, 11) is 0. The van der Waals surface area contributed by atoms with Crippen LogP contribution in [0, 0.1) is 5.41 Å². The van der Waals surface area contributed by atoms with Crippen molar-refractivity contribution in [3.05, 3.63) is 12.2 Å². The van der Waals surface area contributed by atoms with Crippen molar-refractivity contribution in [3.63, 3.8) is 0 Å². The molecule has 0 aliphatic heterocycles. The van der Waals surface area contributed by atoms with E-state index < -0.39 is 17.2 Å². The van der Waals surface area contributed by atoms with Gasteiger partial charge in [-0.15, -0.1) is 0 Å². The first-order valence-electron chi connectivity index (χ1n) is 3.96. The zero-order valence-corrected chi connectivity index (χ0v) is 7.20. The Morgan fingerprint density at radius 3 is 2.58 bits per heavy atom. The van der Waals surface area contributed by atoms with E-state index in [4.69, 9.17) is 16.6 Å². The van der Waals surface area contributed by atoms with Gasteiger partial charge in [0.05, 0.1) is 18.4 Å². The number of aliphatic hydroxyl groups excluding tert-OH is 2. The maximum Gasteiger partial charge on any atom is 0.0836 e. The molecule has 0 saturated carbocycles. The number of rotatable bonds is 1. The molecule has 0 bridgehead atoms. The highest BCUT2D eigenvalue weighted by Gasteiger charge is 2.40. The number of aliphatic hydroxyl groups is 2. The van der Waals surface area contributed by atoms with Crippen molar-refractivity contribution in [3.8, 4) is 0 Å². The minimum absolute atomic E-state index is 0.116. The van der Waals surface area contributed by atoms with E-state index in [-0.39, 0.29) is 6.61 Å². The maximum absolute atomic E-state index is 9.50. The summed E-state index contributed by atoms with van der Waals surface area (Å²) >= 11 is 0. The van der Waals surface area contributed by atoms with Crippen molar-refractivity contribution >= 4 is 0 Å². The molecule has 2 unspecified atom stereocenters. The van der Waals surface area contributed by atoms with Crippen LogP contribution in [0.5, 0.6) is 0 Å². The second kappa shape index (κ2) is 2.81. The molecule has 6 N–H and O–H groups in total. The van der Waals surface area contributed by atoms with Gasteiger partial charge in [0.15, 0.2) is 0 Å². The molecule has 0 aromatic rings. The van der Waals surface area contributed by atoms with Gasteiger partial charge in [0, 0.05) is 5.41 Å². The average Bonchev–Trinajstić information content (AvgIpc) is 1.97. The van der Waals surface area contributed by atoms with E-state index in [1.807, 2.05) is 0 Å². The van der Waals surface area contributed by atoms with Crippen molar-refractivity contribution < 1.29 is 10.2 Å². The smallest absolute Gasteiger partial charge is 0.0836 e. The molecule has 0 radical (unpaired) electrons. The maximum atomic E-state index is 9.50. The lowest BCUT2D eigenvalue weighted by atomic mass is 9.73. The Morgan fingerprint density at radius 1 is 1.58 bits per heavy atom. The molecule has 0 saturated heterocycles. The standard InChI is InChI=1S/C8H16N2O2/c1-7(5-11)4-8(9,10)3-2-6(7)12/h2-3,6,11-12H,4-5,9-10H2,1H3. The number of hydrogen-bond donors (Lipinski definition) is 4. The van der Waals surface area contributed by atoms with Crippen molar-refractivity contribution in [1.82, 2.24) is 0 Å². The third-order valence-electron chi connectivity index (χ3n) is 2.37. The first kappa shape index (κ1) is 9.67. The molecule has 4 nitrogen and oxygen atoms in total. The second-order valence-electron chi connectivity index (χ2n) is 3.91. The largest absolute Gasteiger partial charge is 0.396 e. The van der Waals surface area contributed by atoms with Gasteiger partial charge in [-0.05, 0) is 6.42 Å². The van der Waals surface area contributed by atoms with Gasteiger partial charge >= 0.3 is 0 Å². The zero-order chi connectivity index (χ0) is 9.41. The van der Waals surface area contributed by atoms with Crippen LogP contribution in [0.25, 0.3) is 0 Å². The molecule has 0 heterocycles. The minimum atomic E-state index is -0.906. The number of hydrogen-bond acceptors (Lipinski definition) is 4. The van der Waals surface area contributed by atoms with Crippen molar-refractivity contribution in [2.75, 3.05) is 6.61 Å². The van der Waals surface area contributed by atoms with Crippen LogP contribution in [0.1, 0.15) is 13.3 Å². The fourth-order valence-corrected chi connectivity index (χ4v) is 1.52. The molecule has 0 amide bonds. The third-order valence-corrected chi connectivity index (χ3v) is 2.37. The van der Waals surface area contributed by atoms with Crippen LogP contribution in [-0.2, 0) is 0 Å². The zero-order valence-electron chi connectivity index (χ0n) is 7.20. The van der Waals surface area contributed by atoms with Gasteiger partial charge < -0.3 is 21.7 Å². The molecular formula is C8H16N2O2. The average molecular weight is 172 g/mol. The van der Waals surface area contributed by atoms with Crippen molar-refractivity contribution in [2.45, 2.75) is 25.1 Å². The summed E-state index contributed by atoms with van der Waals surface area (Å²) in [5.41, 5.74) is 9.80. The third kappa shape index (κ3) is 1.67. The summed E-state index contributed by atoms with van der Waals surface area (Å²) in [6, 6.07) is 0. The fraction of sp³-hybridized carbons (Fsp3) is 0.750. The predicted molar refractivity (Wildman–Crippen MR) is 46.1 cm³/mol. The van der Waals surface area contributed by atoms with Gasteiger partial charge in [0.25, 0.3) is 0 Å². The van der Waals surface area contributed by atoms with Crippen LogP contribution >= 0.6 is 0 Å². The van der Waals surface area contributed by atoms with E-state index >= 15 is 0 Å². The lowest BCUT2D eigenvalue weighted by molar-refractivity contribution is -0.00125. The topological polar surface area (TPSA) is 92.5 Å².